The molecule has 2 aromatic heterocycles. The highest BCUT2D eigenvalue weighted by molar-refractivity contribution is 5.87. The first kappa shape index (κ1) is 15.3. The molecule has 0 amide bonds. The molecule has 2 aliphatic heterocycles. The molecule has 4 heterocycles. The fourth-order valence-corrected chi connectivity index (χ4v) is 3.25. The maximum Gasteiger partial charge on any atom is 0.356 e. The molecule has 0 bridgehead atoms. The van der Waals surface area contributed by atoms with Gasteiger partial charge < -0.3 is 23.9 Å². The van der Waals surface area contributed by atoms with Crippen LogP contribution in [0.5, 0.6) is 0 Å². The molecule has 2 aromatic rings. The van der Waals surface area contributed by atoms with Gasteiger partial charge in [-0.3, -0.25) is 0 Å². The maximum atomic E-state index is 11.7. The number of fused-ring (bicyclic) bond motifs is 1. The van der Waals surface area contributed by atoms with Crippen LogP contribution in [-0.4, -0.2) is 64.2 Å². The average molecular weight is 331 g/mol. The summed E-state index contributed by atoms with van der Waals surface area (Å²) in [6.07, 6.45) is 2.34. The minimum atomic E-state index is -0.604. The number of hydrogen-bond donors (Lipinski definition) is 1. The normalized spacial score (nSPS) is 28.8. The monoisotopic (exact) mass is 331 g/mol. The lowest BCUT2D eigenvalue weighted by molar-refractivity contribution is 0.0172. The number of esters is 1. The number of carbonyl (C=O) groups excluding carboxylic acids is 1. The first-order valence-electron chi connectivity index (χ1n) is 7.69. The van der Waals surface area contributed by atoms with Crippen LogP contribution < -0.4 is 0 Å². The molecule has 0 radical (unpaired) electrons. The Balaban J connectivity index is 1.68. The third kappa shape index (κ3) is 2.39. The van der Waals surface area contributed by atoms with Gasteiger partial charge in [-0.1, -0.05) is 6.07 Å². The van der Waals surface area contributed by atoms with Gasteiger partial charge in [-0.05, 0) is 12.1 Å². The number of rotatable bonds is 3. The van der Waals surface area contributed by atoms with Gasteiger partial charge in [0.25, 0.3) is 0 Å². The van der Waals surface area contributed by atoms with Crippen LogP contribution in [0.1, 0.15) is 16.5 Å². The molecule has 0 aliphatic carbocycles. The molecular formula is C16H17N3O5. The van der Waals surface area contributed by atoms with Crippen molar-refractivity contribution >= 4 is 5.97 Å². The molecule has 8 heteroatoms. The smallest absolute Gasteiger partial charge is 0.356 e. The molecule has 1 N–H and O–H groups in total. The first-order chi connectivity index (χ1) is 11.7. The summed E-state index contributed by atoms with van der Waals surface area (Å²) >= 11 is 0. The topological polar surface area (TPSA) is 95.7 Å². The molecule has 0 saturated carbocycles. The zero-order chi connectivity index (χ0) is 16.7. The van der Waals surface area contributed by atoms with E-state index in [-0.39, 0.29) is 30.6 Å². The van der Waals surface area contributed by atoms with Gasteiger partial charge in [-0.25, -0.2) is 14.8 Å². The van der Waals surface area contributed by atoms with Crippen molar-refractivity contribution in [2.45, 2.75) is 24.4 Å². The van der Waals surface area contributed by atoms with Crippen molar-refractivity contribution in [3.05, 3.63) is 36.3 Å². The van der Waals surface area contributed by atoms with Crippen molar-refractivity contribution in [3.8, 4) is 11.5 Å². The molecular weight excluding hydrogens is 314 g/mol. The highest BCUT2D eigenvalue weighted by atomic mass is 16.6. The predicted octanol–water partition coefficient (Wildman–Crippen LogP) is 0.431. The van der Waals surface area contributed by atoms with Gasteiger partial charge in [0, 0.05) is 12.4 Å². The number of ether oxygens (including phenoxy) is 3. The number of methoxy groups -OCH3 is 1. The van der Waals surface area contributed by atoms with Crippen molar-refractivity contribution in [1.29, 1.82) is 0 Å². The lowest BCUT2D eigenvalue weighted by atomic mass is 10.1. The summed E-state index contributed by atoms with van der Waals surface area (Å²) < 4.78 is 18.0. The Labute approximate surface area is 138 Å². The summed E-state index contributed by atoms with van der Waals surface area (Å²) in [7, 11) is 1.32. The molecule has 0 spiro atoms. The SMILES string of the molecule is COC(=O)c1cccc(-c2nccn2[C@H]2CO[C@H]3[C@@H]2OC[C@H]3O)n1. The zero-order valence-electron chi connectivity index (χ0n) is 13.0. The first-order valence-corrected chi connectivity index (χ1v) is 7.69. The lowest BCUT2D eigenvalue weighted by Crippen LogP contribution is -2.30. The van der Waals surface area contributed by atoms with Gasteiger partial charge in [0.05, 0.1) is 26.4 Å². The lowest BCUT2D eigenvalue weighted by Gasteiger charge is -2.19. The van der Waals surface area contributed by atoms with Crippen molar-refractivity contribution in [2.75, 3.05) is 20.3 Å². The van der Waals surface area contributed by atoms with E-state index in [1.54, 1.807) is 24.4 Å². The second-order valence-electron chi connectivity index (χ2n) is 5.79. The summed E-state index contributed by atoms with van der Waals surface area (Å²) in [5.41, 5.74) is 0.780. The number of aliphatic hydroxyl groups is 1. The second-order valence-corrected chi connectivity index (χ2v) is 5.79. The quantitative estimate of drug-likeness (QED) is 0.815. The summed E-state index contributed by atoms with van der Waals surface area (Å²) in [5, 5.41) is 9.89. The van der Waals surface area contributed by atoms with Gasteiger partial charge in [0.15, 0.2) is 5.82 Å². The molecule has 4 atom stereocenters. The molecule has 0 unspecified atom stereocenters. The van der Waals surface area contributed by atoms with Gasteiger partial charge in [-0.15, -0.1) is 0 Å². The van der Waals surface area contributed by atoms with Crippen LogP contribution in [0, 0.1) is 0 Å². The Bertz CT molecular complexity index is 762. The molecule has 2 aliphatic rings. The summed E-state index contributed by atoms with van der Waals surface area (Å²) in [4.78, 5) is 20.4. The van der Waals surface area contributed by atoms with E-state index >= 15 is 0 Å². The van der Waals surface area contributed by atoms with E-state index in [1.807, 2.05) is 10.8 Å². The third-order valence-electron chi connectivity index (χ3n) is 4.40. The van der Waals surface area contributed by atoms with E-state index in [9.17, 15) is 9.90 Å². The number of nitrogens with zero attached hydrogens (tertiary/aromatic N) is 3. The van der Waals surface area contributed by atoms with Crippen LogP contribution >= 0.6 is 0 Å². The summed E-state index contributed by atoms with van der Waals surface area (Å²) in [5.74, 6) is 0.112. The molecule has 24 heavy (non-hydrogen) atoms. The molecule has 4 rings (SSSR count). The van der Waals surface area contributed by atoms with Gasteiger partial charge in [-0.2, -0.15) is 0 Å². The molecule has 126 valence electrons. The van der Waals surface area contributed by atoms with Crippen LogP contribution in [0.15, 0.2) is 30.6 Å². The second kappa shape index (κ2) is 5.97. The Kier molecular flexibility index (Phi) is 3.79. The third-order valence-corrected chi connectivity index (χ3v) is 4.40. The van der Waals surface area contributed by atoms with Crippen molar-refractivity contribution in [3.63, 3.8) is 0 Å². The minimum Gasteiger partial charge on any atom is -0.464 e. The van der Waals surface area contributed by atoms with Gasteiger partial charge in [0.2, 0.25) is 0 Å². The number of aliphatic hydroxyl groups excluding tert-OH is 1. The van der Waals surface area contributed by atoms with Crippen LogP contribution in [0.2, 0.25) is 0 Å². The summed E-state index contributed by atoms with van der Waals surface area (Å²) in [6, 6.07) is 5.00. The fraction of sp³-hybridized carbons (Fsp3) is 0.438. The Morgan fingerprint density at radius 1 is 1.33 bits per heavy atom. The van der Waals surface area contributed by atoms with Crippen molar-refractivity contribution in [1.82, 2.24) is 14.5 Å². The number of pyridine rings is 1. The highest BCUT2D eigenvalue weighted by Crippen LogP contribution is 2.36. The highest BCUT2D eigenvalue weighted by Gasteiger charge is 2.48. The van der Waals surface area contributed by atoms with E-state index < -0.39 is 12.1 Å². The number of carbonyl (C=O) groups is 1. The summed E-state index contributed by atoms with van der Waals surface area (Å²) in [6.45, 7) is 0.693. The van der Waals surface area contributed by atoms with Crippen LogP contribution in [0.3, 0.4) is 0 Å². The Morgan fingerprint density at radius 2 is 2.17 bits per heavy atom. The Hall–Kier alpha value is -2.29. The van der Waals surface area contributed by atoms with Crippen molar-refractivity contribution < 1.29 is 24.1 Å². The standard InChI is InChI=1S/C16H17N3O5/c1-22-16(21)10-4-2-3-9(18-10)15-17-5-6-19(15)11-7-23-14-12(20)8-24-13(11)14/h2-6,11-14,20H,7-8H2,1H3/t11-,12+,13+,14+/m0/s1. The number of imidazole rings is 1. The minimum absolute atomic E-state index is 0.103. The largest absolute Gasteiger partial charge is 0.464 e. The van der Waals surface area contributed by atoms with Gasteiger partial charge >= 0.3 is 5.97 Å². The van der Waals surface area contributed by atoms with E-state index in [4.69, 9.17) is 14.2 Å². The fourth-order valence-electron chi connectivity index (χ4n) is 3.25. The van der Waals surface area contributed by atoms with Gasteiger partial charge in [0.1, 0.15) is 29.7 Å². The zero-order valence-corrected chi connectivity index (χ0v) is 13.0. The molecule has 0 aromatic carbocycles. The van der Waals surface area contributed by atoms with E-state index in [0.29, 0.717) is 18.1 Å². The average Bonchev–Trinajstić information content (AvgIpc) is 3.31. The molecule has 8 nitrogen and oxygen atoms in total. The molecule has 2 fully saturated rings. The maximum absolute atomic E-state index is 11.7. The van der Waals surface area contributed by atoms with Crippen LogP contribution in [-0.2, 0) is 14.2 Å². The number of hydrogen-bond acceptors (Lipinski definition) is 7. The van der Waals surface area contributed by atoms with Crippen molar-refractivity contribution in [2.24, 2.45) is 0 Å². The van der Waals surface area contributed by atoms with Crippen LogP contribution in [0.4, 0.5) is 0 Å². The Morgan fingerprint density at radius 3 is 3.00 bits per heavy atom. The molecule has 2 saturated heterocycles. The predicted molar refractivity (Wildman–Crippen MR) is 81.3 cm³/mol. The van der Waals surface area contributed by atoms with Crippen LogP contribution in [0.25, 0.3) is 11.5 Å². The van der Waals surface area contributed by atoms with E-state index in [2.05, 4.69) is 9.97 Å². The number of aromatic nitrogens is 3. The van der Waals surface area contributed by atoms with E-state index in [1.165, 1.54) is 7.11 Å². The van der Waals surface area contributed by atoms with E-state index in [0.717, 1.165) is 0 Å².